The first-order chi connectivity index (χ1) is 16.2. The highest BCUT2D eigenvalue weighted by Gasteiger charge is 2.51. The van der Waals surface area contributed by atoms with E-state index < -0.39 is 11.6 Å². The fraction of sp³-hybridized carbons (Fsp3) is 0.423. The van der Waals surface area contributed by atoms with Crippen LogP contribution in [0.1, 0.15) is 36.3 Å². The molecule has 7 heteroatoms. The summed E-state index contributed by atoms with van der Waals surface area (Å²) in [5.74, 6) is 0.163. The van der Waals surface area contributed by atoms with E-state index >= 15 is 0 Å². The van der Waals surface area contributed by atoms with Crippen LogP contribution < -0.4 is 0 Å². The molecular formula is C26H31NO6. The lowest BCUT2D eigenvalue weighted by atomic mass is 9.96. The molecule has 1 aliphatic rings. The first kappa shape index (κ1) is 23.3. The molecule has 2 aromatic heterocycles. The molecule has 1 fully saturated rings. The van der Waals surface area contributed by atoms with Gasteiger partial charge in [0.05, 0.1) is 19.1 Å². The first-order valence-corrected chi connectivity index (χ1v) is 11.4. The summed E-state index contributed by atoms with van der Waals surface area (Å²) in [6.07, 6.45) is 5.13. The van der Waals surface area contributed by atoms with Crippen molar-refractivity contribution in [2.24, 2.45) is 0 Å². The smallest absolute Gasteiger partial charge is 0.354 e. The van der Waals surface area contributed by atoms with Crippen LogP contribution in [0.25, 0.3) is 0 Å². The van der Waals surface area contributed by atoms with Crippen LogP contribution >= 0.6 is 0 Å². The molecular weight excluding hydrogens is 422 g/mol. The lowest BCUT2D eigenvalue weighted by Crippen LogP contribution is -2.43. The van der Waals surface area contributed by atoms with Crippen LogP contribution in [0.3, 0.4) is 0 Å². The highest BCUT2D eigenvalue weighted by atomic mass is 16.6. The Labute approximate surface area is 194 Å². The zero-order valence-corrected chi connectivity index (χ0v) is 19.0. The van der Waals surface area contributed by atoms with Gasteiger partial charge in [0.1, 0.15) is 6.10 Å². The predicted octanol–water partition coefficient (Wildman–Crippen LogP) is 4.38. The van der Waals surface area contributed by atoms with Gasteiger partial charge < -0.3 is 27.9 Å². The topological polar surface area (TPSA) is 74.3 Å². The van der Waals surface area contributed by atoms with Crippen LogP contribution in [0.5, 0.6) is 0 Å². The summed E-state index contributed by atoms with van der Waals surface area (Å²) < 4.78 is 29.2. The number of benzene rings is 1. The molecule has 0 amide bonds. The van der Waals surface area contributed by atoms with Crippen molar-refractivity contribution in [3.05, 3.63) is 84.2 Å². The molecule has 1 atom stereocenters. The SMILES string of the molecule is CN1CCC(OC(=O)C(OCCCCOCc2ccccc2)(c2ccco2)c2ccco2)C1. The number of unbranched alkanes of at least 4 members (excludes halogenated alkanes) is 1. The van der Waals surface area contributed by atoms with Crippen LogP contribution in [0.15, 0.2) is 76.0 Å². The number of hydrogen-bond acceptors (Lipinski definition) is 7. The summed E-state index contributed by atoms with van der Waals surface area (Å²) in [4.78, 5) is 15.7. The minimum absolute atomic E-state index is 0.193. The summed E-state index contributed by atoms with van der Waals surface area (Å²) in [5, 5.41) is 0. The lowest BCUT2D eigenvalue weighted by molar-refractivity contribution is -0.178. The second kappa shape index (κ2) is 11.3. The van der Waals surface area contributed by atoms with Gasteiger partial charge in [0.25, 0.3) is 5.60 Å². The molecule has 0 N–H and O–H groups in total. The summed E-state index contributed by atoms with van der Waals surface area (Å²) in [7, 11) is 2.01. The molecule has 0 saturated carbocycles. The number of esters is 1. The van der Waals surface area contributed by atoms with Crippen molar-refractivity contribution in [1.29, 1.82) is 0 Å². The van der Waals surface area contributed by atoms with Crippen molar-refractivity contribution in [2.45, 2.75) is 37.6 Å². The molecule has 3 aromatic rings. The van der Waals surface area contributed by atoms with Gasteiger partial charge in [0.15, 0.2) is 11.5 Å². The van der Waals surface area contributed by atoms with E-state index in [0.29, 0.717) is 44.3 Å². The number of nitrogens with zero attached hydrogens (tertiary/aromatic N) is 1. The summed E-state index contributed by atoms with van der Waals surface area (Å²) >= 11 is 0. The summed E-state index contributed by atoms with van der Waals surface area (Å²) in [5.41, 5.74) is -0.442. The van der Waals surface area contributed by atoms with Gasteiger partial charge in [-0.1, -0.05) is 30.3 Å². The van der Waals surface area contributed by atoms with Crippen LogP contribution in [0.2, 0.25) is 0 Å². The summed E-state index contributed by atoms with van der Waals surface area (Å²) in [6.45, 7) is 3.07. The molecule has 7 nitrogen and oxygen atoms in total. The lowest BCUT2D eigenvalue weighted by Gasteiger charge is -2.29. The van der Waals surface area contributed by atoms with Crippen molar-refractivity contribution < 1.29 is 27.8 Å². The number of ether oxygens (including phenoxy) is 3. The van der Waals surface area contributed by atoms with E-state index in [4.69, 9.17) is 23.0 Å². The zero-order valence-electron chi connectivity index (χ0n) is 19.0. The number of likely N-dealkylation sites (N-methyl/N-ethyl adjacent to an activating group) is 1. The van der Waals surface area contributed by atoms with E-state index in [0.717, 1.165) is 24.9 Å². The Bertz CT molecular complexity index is 920. The largest absolute Gasteiger partial charge is 0.465 e. The van der Waals surface area contributed by atoms with E-state index in [2.05, 4.69) is 4.90 Å². The van der Waals surface area contributed by atoms with E-state index in [1.165, 1.54) is 12.5 Å². The van der Waals surface area contributed by atoms with Gasteiger partial charge in [-0.05, 0) is 56.1 Å². The van der Waals surface area contributed by atoms with Crippen LogP contribution in [-0.4, -0.2) is 50.3 Å². The second-order valence-electron chi connectivity index (χ2n) is 8.31. The third-order valence-corrected chi connectivity index (χ3v) is 5.76. The fourth-order valence-corrected chi connectivity index (χ4v) is 4.00. The zero-order chi connectivity index (χ0) is 22.9. The number of rotatable bonds is 12. The first-order valence-electron chi connectivity index (χ1n) is 11.4. The molecule has 1 saturated heterocycles. The Balaban J connectivity index is 1.39. The quantitative estimate of drug-likeness (QED) is 0.298. The Hall–Kier alpha value is -2.87. The van der Waals surface area contributed by atoms with Crippen molar-refractivity contribution in [2.75, 3.05) is 33.4 Å². The Morgan fingerprint density at radius 2 is 1.70 bits per heavy atom. The molecule has 0 aliphatic carbocycles. The average molecular weight is 454 g/mol. The molecule has 176 valence electrons. The maximum Gasteiger partial charge on any atom is 0.354 e. The number of hydrogen-bond donors (Lipinski definition) is 0. The average Bonchev–Trinajstić information content (AvgIpc) is 3.60. The Morgan fingerprint density at radius 3 is 2.30 bits per heavy atom. The van der Waals surface area contributed by atoms with E-state index in [1.807, 2.05) is 37.4 Å². The highest BCUT2D eigenvalue weighted by molar-refractivity contribution is 5.84. The van der Waals surface area contributed by atoms with Crippen molar-refractivity contribution in [3.8, 4) is 0 Å². The Morgan fingerprint density at radius 1 is 1.00 bits per heavy atom. The molecule has 33 heavy (non-hydrogen) atoms. The van der Waals surface area contributed by atoms with Crippen molar-refractivity contribution in [1.82, 2.24) is 4.90 Å². The number of carbonyl (C=O) groups is 1. The fourth-order valence-electron chi connectivity index (χ4n) is 4.00. The van der Waals surface area contributed by atoms with Crippen molar-refractivity contribution >= 4 is 5.97 Å². The standard InChI is InChI=1S/C26H31NO6/c1-27-14-13-22(19-27)33-25(28)26(23-11-7-16-30-23,24-12-8-17-31-24)32-18-6-5-15-29-20-21-9-3-2-4-10-21/h2-4,7-12,16-17,22H,5-6,13-15,18-20H2,1H3. The number of carbonyl (C=O) groups excluding carboxylic acids is 1. The molecule has 1 aliphatic heterocycles. The third kappa shape index (κ3) is 5.74. The minimum Gasteiger partial charge on any atom is -0.465 e. The summed E-state index contributed by atoms with van der Waals surface area (Å²) in [6, 6.07) is 16.9. The highest BCUT2D eigenvalue weighted by Crippen LogP contribution is 2.37. The van der Waals surface area contributed by atoms with E-state index in [9.17, 15) is 4.79 Å². The predicted molar refractivity (Wildman–Crippen MR) is 121 cm³/mol. The molecule has 3 heterocycles. The normalized spacial score (nSPS) is 16.8. The number of likely N-dealkylation sites (tertiary alicyclic amines) is 1. The maximum atomic E-state index is 13.5. The van der Waals surface area contributed by atoms with Gasteiger partial charge in [-0.25, -0.2) is 4.79 Å². The van der Waals surface area contributed by atoms with Gasteiger partial charge >= 0.3 is 5.97 Å². The maximum absolute atomic E-state index is 13.5. The van der Waals surface area contributed by atoms with Gasteiger partial charge in [-0.2, -0.15) is 0 Å². The molecule has 1 unspecified atom stereocenters. The van der Waals surface area contributed by atoms with Gasteiger partial charge in [0.2, 0.25) is 0 Å². The van der Waals surface area contributed by atoms with Crippen LogP contribution in [-0.2, 0) is 31.2 Å². The molecule has 1 aromatic carbocycles. The van der Waals surface area contributed by atoms with Crippen LogP contribution in [0.4, 0.5) is 0 Å². The molecule has 0 radical (unpaired) electrons. The van der Waals surface area contributed by atoms with E-state index in [1.54, 1.807) is 24.3 Å². The monoisotopic (exact) mass is 453 g/mol. The third-order valence-electron chi connectivity index (χ3n) is 5.76. The van der Waals surface area contributed by atoms with Gasteiger partial charge in [-0.15, -0.1) is 0 Å². The van der Waals surface area contributed by atoms with Crippen molar-refractivity contribution in [3.63, 3.8) is 0 Å². The van der Waals surface area contributed by atoms with E-state index in [-0.39, 0.29) is 6.10 Å². The molecule has 0 bridgehead atoms. The molecule has 0 spiro atoms. The van der Waals surface area contributed by atoms with Gasteiger partial charge in [0, 0.05) is 26.3 Å². The number of furan rings is 2. The Kier molecular flexibility index (Phi) is 7.99. The van der Waals surface area contributed by atoms with Gasteiger partial charge in [-0.3, -0.25) is 0 Å². The van der Waals surface area contributed by atoms with Crippen LogP contribution in [0, 0.1) is 0 Å². The minimum atomic E-state index is -1.58. The molecule has 4 rings (SSSR count). The second-order valence-corrected chi connectivity index (χ2v) is 8.31.